The molecular weight excluding hydrogens is 218 g/mol. The molecule has 0 aromatic rings. The Bertz CT molecular complexity index is 282. The second kappa shape index (κ2) is 6.03. The number of hydrogen-bond donors (Lipinski definition) is 1. The van der Waals surface area contributed by atoms with Crippen LogP contribution in [0.15, 0.2) is 0 Å². The van der Waals surface area contributed by atoms with Crippen molar-refractivity contribution >= 4 is 11.9 Å². The largest absolute Gasteiger partial charge is 0.481 e. The summed E-state index contributed by atoms with van der Waals surface area (Å²) in [5.74, 6) is -1.76. The highest BCUT2D eigenvalue weighted by Gasteiger charge is 2.32. The summed E-state index contributed by atoms with van der Waals surface area (Å²) in [5.41, 5.74) is 0. The van der Waals surface area contributed by atoms with E-state index in [1.54, 1.807) is 25.8 Å². The quantitative estimate of drug-likeness (QED) is 0.749. The lowest BCUT2D eigenvalue weighted by molar-refractivity contribution is -0.152. The van der Waals surface area contributed by atoms with Crippen LogP contribution in [0.4, 0.5) is 0 Å². The van der Waals surface area contributed by atoms with Crippen LogP contribution in [-0.2, 0) is 9.59 Å². The smallest absolute Gasteiger partial charge is 0.316 e. The van der Waals surface area contributed by atoms with E-state index in [-0.39, 0.29) is 11.8 Å². The number of carboxylic acids is 1. The third-order valence-corrected chi connectivity index (χ3v) is 3.58. The lowest BCUT2D eigenvalue weighted by Gasteiger charge is -2.25. The molecule has 0 aromatic carbocycles. The standard InChI is InChI=1S/C13H23NO3/c1-9(2)11(13(16)17)12(15)14(3)8-10-6-4-5-7-10/h9-11H,4-8H2,1-3H3,(H,16,17). The first kappa shape index (κ1) is 14.0. The Kier molecular flexibility index (Phi) is 4.97. The second-order valence-corrected chi connectivity index (χ2v) is 5.43. The van der Waals surface area contributed by atoms with Crippen molar-refractivity contribution in [3.63, 3.8) is 0 Å². The molecule has 0 saturated heterocycles. The molecule has 1 N–H and O–H groups in total. The number of rotatable bonds is 5. The minimum Gasteiger partial charge on any atom is -0.481 e. The molecule has 0 aliphatic heterocycles. The summed E-state index contributed by atoms with van der Waals surface area (Å²) in [6.07, 6.45) is 4.80. The van der Waals surface area contributed by atoms with Gasteiger partial charge in [0.1, 0.15) is 5.92 Å². The third-order valence-electron chi connectivity index (χ3n) is 3.58. The van der Waals surface area contributed by atoms with E-state index < -0.39 is 11.9 Å². The number of aliphatic carboxylic acids is 1. The van der Waals surface area contributed by atoms with E-state index in [1.165, 1.54) is 12.8 Å². The van der Waals surface area contributed by atoms with Crippen molar-refractivity contribution in [2.45, 2.75) is 39.5 Å². The maximum Gasteiger partial charge on any atom is 0.316 e. The molecule has 1 unspecified atom stereocenters. The molecule has 0 heterocycles. The number of carbonyl (C=O) groups excluding carboxylic acids is 1. The summed E-state index contributed by atoms with van der Waals surface area (Å²) < 4.78 is 0. The first-order valence-electron chi connectivity index (χ1n) is 6.41. The first-order chi connectivity index (χ1) is 7.93. The summed E-state index contributed by atoms with van der Waals surface area (Å²) in [4.78, 5) is 24.7. The summed E-state index contributed by atoms with van der Waals surface area (Å²) >= 11 is 0. The predicted octanol–water partition coefficient (Wildman–Crippen LogP) is 1.99. The normalized spacial score (nSPS) is 18.4. The van der Waals surface area contributed by atoms with Crippen LogP contribution in [-0.4, -0.2) is 35.5 Å². The Morgan fingerprint density at radius 2 is 1.82 bits per heavy atom. The van der Waals surface area contributed by atoms with Crippen molar-refractivity contribution in [1.82, 2.24) is 4.90 Å². The maximum absolute atomic E-state index is 12.1. The fourth-order valence-electron chi connectivity index (χ4n) is 2.58. The Hall–Kier alpha value is -1.06. The maximum atomic E-state index is 12.1. The van der Waals surface area contributed by atoms with E-state index >= 15 is 0 Å². The van der Waals surface area contributed by atoms with Crippen LogP contribution in [0.25, 0.3) is 0 Å². The molecule has 1 aliphatic rings. The predicted molar refractivity (Wildman–Crippen MR) is 65.6 cm³/mol. The third kappa shape index (κ3) is 3.72. The van der Waals surface area contributed by atoms with Crippen molar-refractivity contribution in [2.24, 2.45) is 17.8 Å². The van der Waals surface area contributed by atoms with E-state index in [2.05, 4.69) is 0 Å². The van der Waals surface area contributed by atoms with Crippen LogP contribution in [0, 0.1) is 17.8 Å². The zero-order valence-electron chi connectivity index (χ0n) is 11.0. The second-order valence-electron chi connectivity index (χ2n) is 5.43. The summed E-state index contributed by atoms with van der Waals surface area (Å²) in [7, 11) is 1.72. The van der Waals surface area contributed by atoms with E-state index in [9.17, 15) is 9.59 Å². The molecule has 1 atom stereocenters. The van der Waals surface area contributed by atoms with Crippen molar-refractivity contribution < 1.29 is 14.7 Å². The zero-order valence-corrected chi connectivity index (χ0v) is 11.0. The molecule has 0 bridgehead atoms. The average molecular weight is 241 g/mol. The first-order valence-corrected chi connectivity index (χ1v) is 6.41. The lowest BCUT2D eigenvalue weighted by Crippen LogP contribution is -2.41. The van der Waals surface area contributed by atoms with Crippen LogP contribution in [0.1, 0.15) is 39.5 Å². The van der Waals surface area contributed by atoms with Gasteiger partial charge in [0.2, 0.25) is 5.91 Å². The lowest BCUT2D eigenvalue weighted by atomic mass is 9.94. The highest BCUT2D eigenvalue weighted by Crippen LogP contribution is 2.26. The Morgan fingerprint density at radius 1 is 1.29 bits per heavy atom. The van der Waals surface area contributed by atoms with Gasteiger partial charge in [-0.1, -0.05) is 26.7 Å². The molecule has 1 fully saturated rings. The van der Waals surface area contributed by atoms with E-state index in [0.717, 1.165) is 12.8 Å². The number of carboxylic acid groups (broad SMARTS) is 1. The van der Waals surface area contributed by atoms with Gasteiger partial charge in [0.25, 0.3) is 0 Å². The van der Waals surface area contributed by atoms with E-state index in [1.807, 2.05) is 0 Å². The van der Waals surface area contributed by atoms with Crippen LogP contribution < -0.4 is 0 Å². The van der Waals surface area contributed by atoms with Gasteiger partial charge < -0.3 is 10.0 Å². The van der Waals surface area contributed by atoms with Gasteiger partial charge in [-0.25, -0.2) is 0 Å². The fraction of sp³-hybridized carbons (Fsp3) is 0.846. The summed E-state index contributed by atoms with van der Waals surface area (Å²) in [6, 6.07) is 0. The summed E-state index contributed by atoms with van der Waals surface area (Å²) in [6.45, 7) is 4.26. The minimum absolute atomic E-state index is 0.161. The minimum atomic E-state index is -1.01. The molecule has 17 heavy (non-hydrogen) atoms. The molecule has 98 valence electrons. The van der Waals surface area contributed by atoms with Gasteiger partial charge in [0.05, 0.1) is 0 Å². The highest BCUT2D eigenvalue weighted by atomic mass is 16.4. The average Bonchev–Trinajstić information content (AvgIpc) is 2.68. The topological polar surface area (TPSA) is 57.6 Å². The number of hydrogen-bond acceptors (Lipinski definition) is 2. The van der Waals surface area contributed by atoms with Crippen molar-refractivity contribution in [2.75, 3.05) is 13.6 Å². The van der Waals surface area contributed by atoms with Gasteiger partial charge in [0.15, 0.2) is 0 Å². The number of nitrogens with zero attached hydrogens (tertiary/aromatic N) is 1. The fourth-order valence-corrected chi connectivity index (χ4v) is 2.58. The molecule has 0 radical (unpaired) electrons. The van der Waals surface area contributed by atoms with E-state index in [4.69, 9.17) is 5.11 Å². The van der Waals surface area contributed by atoms with Gasteiger partial charge in [-0.05, 0) is 24.7 Å². The molecule has 1 rings (SSSR count). The zero-order chi connectivity index (χ0) is 13.0. The molecule has 4 heteroatoms. The van der Waals surface area contributed by atoms with Gasteiger partial charge in [-0.15, -0.1) is 0 Å². The van der Waals surface area contributed by atoms with Gasteiger partial charge in [0, 0.05) is 13.6 Å². The van der Waals surface area contributed by atoms with Crippen LogP contribution in [0.3, 0.4) is 0 Å². The van der Waals surface area contributed by atoms with Gasteiger partial charge in [-0.3, -0.25) is 9.59 Å². The molecule has 4 nitrogen and oxygen atoms in total. The van der Waals surface area contributed by atoms with Gasteiger partial charge in [-0.2, -0.15) is 0 Å². The van der Waals surface area contributed by atoms with Crippen molar-refractivity contribution in [3.8, 4) is 0 Å². The Balaban J connectivity index is 2.56. The molecule has 1 amide bonds. The van der Waals surface area contributed by atoms with Gasteiger partial charge >= 0.3 is 5.97 Å². The molecule has 0 spiro atoms. The van der Waals surface area contributed by atoms with Crippen LogP contribution in [0.2, 0.25) is 0 Å². The molecule has 0 aromatic heterocycles. The molecule has 1 aliphatic carbocycles. The van der Waals surface area contributed by atoms with Crippen LogP contribution in [0.5, 0.6) is 0 Å². The monoisotopic (exact) mass is 241 g/mol. The van der Waals surface area contributed by atoms with E-state index in [0.29, 0.717) is 12.5 Å². The molecular formula is C13H23NO3. The SMILES string of the molecule is CC(C)C(C(=O)O)C(=O)N(C)CC1CCCC1. The van der Waals surface area contributed by atoms with Crippen LogP contribution >= 0.6 is 0 Å². The Morgan fingerprint density at radius 3 is 2.24 bits per heavy atom. The number of amides is 1. The summed E-state index contributed by atoms with van der Waals surface area (Å²) in [5, 5.41) is 9.08. The Labute approximate surface area is 103 Å². The van der Waals surface area contributed by atoms with Crippen molar-refractivity contribution in [3.05, 3.63) is 0 Å². The highest BCUT2D eigenvalue weighted by molar-refractivity contribution is 5.97. The van der Waals surface area contributed by atoms with Crippen molar-refractivity contribution in [1.29, 1.82) is 0 Å². The molecule has 1 saturated carbocycles. The number of carbonyl (C=O) groups is 2.